The van der Waals surface area contributed by atoms with Gasteiger partial charge in [-0.05, 0) is 35.1 Å². The molecule has 0 saturated heterocycles. The van der Waals surface area contributed by atoms with Gasteiger partial charge in [-0.3, -0.25) is 0 Å². The molecule has 3 heteroatoms. The summed E-state index contributed by atoms with van der Waals surface area (Å²) in [5.74, 6) is 0. The summed E-state index contributed by atoms with van der Waals surface area (Å²) in [5, 5.41) is 9.51. The Kier molecular flexibility index (Phi) is 3.70. The topological polar surface area (TPSA) is 39.9 Å². The van der Waals surface area contributed by atoms with Crippen LogP contribution in [0.4, 0.5) is 0 Å². The van der Waals surface area contributed by atoms with E-state index in [0.717, 1.165) is 10.7 Å². The Labute approximate surface area is 139 Å². The molecule has 2 aliphatic rings. The Balaban J connectivity index is 1.89. The number of hydrogen-bond acceptors (Lipinski definition) is 2. The van der Waals surface area contributed by atoms with E-state index in [1.165, 1.54) is 11.4 Å². The lowest BCUT2D eigenvalue weighted by Crippen LogP contribution is -2.36. The largest absolute Gasteiger partial charge is 0.377 e. The Bertz CT molecular complexity index is 699. The van der Waals surface area contributed by atoms with Crippen LogP contribution in [0, 0.1) is 10.8 Å². The maximum atomic E-state index is 3.61. The van der Waals surface area contributed by atoms with Gasteiger partial charge in [0.15, 0.2) is 0 Å². The van der Waals surface area contributed by atoms with E-state index < -0.39 is 0 Å². The molecule has 0 fully saturated rings. The highest BCUT2D eigenvalue weighted by Crippen LogP contribution is 2.25. The van der Waals surface area contributed by atoms with Crippen LogP contribution in [-0.4, -0.2) is 17.1 Å². The summed E-state index contributed by atoms with van der Waals surface area (Å²) in [7, 11) is 0. The van der Waals surface area contributed by atoms with Gasteiger partial charge in [0.2, 0.25) is 0 Å². The lowest BCUT2D eigenvalue weighted by Gasteiger charge is -2.26. The minimum absolute atomic E-state index is 0.220. The molecule has 3 heterocycles. The minimum atomic E-state index is 0.220. The van der Waals surface area contributed by atoms with Crippen molar-refractivity contribution < 1.29 is 0 Å². The molecule has 0 spiro atoms. The van der Waals surface area contributed by atoms with Crippen molar-refractivity contribution in [2.24, 2.45) is 10.8 Å². The molecule has 0 radical (unpaired) electrons. The predicted octanol–water partition coefficient (Wildman–Crippen LogP) is 2.38. The zero-order chi connectivity index (χ0) is 16.8. The predicted molar refractivity (Wildman–Crippen MR) is 97.9 cm³/mol. The van der Waals surface area contributed by atoms with Gasteiger partial charge < -0.3 is 15.6 Å². The van der Waals surface area contributed by atoms with Crippen molar-refractivity contribution in [3.63, 3.8) is 0 Å². The molecule has 3 rings (SSSR count). The van der Waals surface area contributed by atoms with Crippen molar-refractivity contribution in [3.05, 3.63) is 47.1 Å². The van der Waals surface area contributed by atoms with Crippen molar-refractivity contribution in [2.75, 3.05) is 0 Å². The Hall–Kier alpha value is -1.90. The zero-order valence-electron chi connectivity index (χ0n) is 15.1. The maximum absolute atomic E-state index is 3.61. The standard InChI is InChI=1S/C20H29N3/c1-19(2,3)17-11-9-15(22-17)13-7-8-14(21-13)16-10-12-18(23-16)20(4,5)6/h7-12,17-18,21-23H,1-6H3/b15-13+,16-14+. The van der Waals surface area contributed by atoms with Crippen LogP contribution in [0.15, 0.2) is 36.4 Å². The van der Waals surface area contributed by atoms with Crippen LogP contribution in [0.1, 0.15) is 41.5 Å². The Morgan fingerprint density at radius 3 is 1.39 bits per heavy atom. The first kappa shape index (κ1) is 16.0. The molecule has 23 heavy (non-hydrogen) atoms. The van der Waals surface area contributed by atoms with E-state index >= 15 is 0 Å². The molecule has 1 aromatic heterocycles. The monoisotopic (exact) mass is 311 g/mol. The van der Waals surface area contributed by atoms with Crippen LogP contribution in [0.3, 0.4) is 0 Å². The third kappa shape index (κ3) is 3.24. The number of nitrogens with one attached hydrogen (secondary N) is 3. The third-order valence-electron chi connectivity index (χ3n) is 4.67. The van der Waals surface area contributed by atoms with Gasteiger partial charge in [0.1, 0.15) is 0 Å². The summed E-state index contributed by atoms with van der Waals surface area (Å²) in [6.07, 6.45) is 8.89. The fraction of sp³-hybridized carbons (Fsp3) is 0.500. The summed E-state index contributed by atoms with van der Waals surface area (Å²) in [6, 6.07) is 5.07. The molecule has 0 bridgehead atoms. The second-order valence-electron chi connectivity index (χ2n) is 8.81. The van der Waals surface area contributed by atoms with E-state index in [2.05, 4.69) is 93.6 Å². The van der Waals surface area contributed by atoms with E-state index in [9.17, 15) is 0 Å². The number of rotatable bonds is 0. The van der Waals surface area contributed by atoms with Gasteiger partial charge in [-0.2, -0.15) is 0 Å². The van der Waals surface area contributed by atoms with Crippen molar-refractivity contribution >= 4 is 11.4 Å². The molecule has 0 aliphatic carbocycles. The number of hydrogen-bond donors (Lipinski definition) is 3. The quantitative estimate of drug-likeness (QED) is 0.688. The Morgan fingerprint density at radius 1 is 0.696 bits per heavy atom. The third-order valence-corrected chi connectivity index (χ3v) is 4.67. The molecule has 0 amide bonds. The van der Waals surface area contributed by atoms with Crippen LogP contribution in [0.5, 0.6) is 0 Å². The van der Waals surface area contributed by atoms with E-state index in [1.807, 2.05) is 0 Å². The van der Waals surface area contributed by atoms with Gasteiger partial charge in [-0.25, -0.2) is 0 Å². The molecule has 0 saturated carbocycles. The van der Waals surface area contributed by atoms with Crippen LogP contribution < -0.4 is 21.3 Å². The fourth-order valence-corrected chi connectivity index (χ4v) is 2.97. The van der Waals surface area contributed by atoms with Crippen molar-refractivity contribution in [1.29, 1.82) is 0 Å². The van der Waals surface area contributed by atoms with Gasteiger partial charge in [-0.1, -0.05) is 53.7 Å². The molecule has 3 nitrogen and oxygen atoms in total. The van der Waals surface area contributed by atoms with Gasteiger partial charge in [0.05, 0.1) is 22.1 Å². The Morgan fingerprint density at radius 2 is 1.09 bits per heavy atom. The average Bonchev–Trinajstić information content (AvgIpc) is 3.17. The van der Waals surface area contributed by atoms with E-state index in [4.69, 9.17) is 0 Å². The summed E-state index contributed by atoms with van der Waals surface area (Å²) < 4.78 is 0. The number of H-pyrrole nitrogens is 1. The van der Waals surface area contributed by atoms with Gasteiger partial charge >= 0.3 is 0 Å². The summed E-state index contributed by atoms with van der Waals surface area (Å²) in [4.78, 5) is 3.54. The highest BCUT2D eigenvalue weighted by Gasteiger charge is 2.27. The molecular weight excluding hydrogens is 282 g/mol. The number of aromatic amines is 1. The highest BCUT2D eigenvalue weighted by molar-refractivity contribution is 5.61. The normalized spacial score (nSPS) is 29.0. The van der Waals surface area contributed by atoms with Gasteiger partial charge in [-0.15, -0.1) is 0 Å². The van der Waals surface area contributed by atoms with Crippen LogP contribution in [0.25, 0.3) is 11.4 Å². The molecule has 2 atom stereocenters. The first-order chi connectivity index (χ1) is 10.6. The van der Waals surface area contributed by atoms with Gasteiger partial charge in [0, 0.05) is 12.1 Å². The summed E-state index contributed by atoms with van der Waals surface area (Å²) in [5.41, 5.74) is 2.79. The van der Waals surface area contributed by atoms with Crippen LogP contribution in [0.2, 0.25) is 0 Å². The van der Waals surface area contributed by atoms with Crippen molar-refractivity contribution in [3.8, 4) is 0 Å². The molecule has 124 valence electrons. The van der Waals surface area contributed by atoms with Crippen molar-refractivity contribution in [2.45, 2.75) is 53.6 Å². The second-order valence-corrected chi connectivity index (χ2v) is 8.81. The van der Waals surface area contributed by atoms with E-state index in [-0.39, 0.29) is 10.8 Å². The number of aromatic nitrogens is 1. The SMILES string of the molecule is CC(C)(C)C1C=C/C(=c2/cc/c(=C3/C=CC(C(C)(C)C)N3)[nH]2)N1. The van der Waals surface area contributed by atoms with E-state index in [0.29, 0.717) is 12.1 Å². The summed E-state index contributed by atoms with van der Waals surface area (Å²) in [6.45, 7) is 13.5. The maximum Gasteiger partial charge on any atom is 0.0621 e. The second kappa shape index (κ2) is 5.33. The smallest absolute Gasteiger partial charge is 0.0621 e. The first-order valence-corrected chi connectivity index (χ1v) is 8.48. The highest BCUT2D eigenvalue weighted by atomic mass is 15.0. The lowest BCUT2D eigenvalue weighted by atomic mass is 9.88. The zero-order valence-corrected chi connectivity index (χ0v) is 15.1. The van der Waals surface area contributed by atoms with Crippen molar-refractivity contribution in [1.82, 2.24) is 15.6 Å². The average molecular weight is 311 g/mol. The fourth-order valence-electron chi connectivity index (χ4n) is 2.97. The molecule has 2 unspecified atom stereocenters. The van der Waals surface area contributed by atoms with Crippen LogP contribution in [-0.2, 0) is 0 Å². The van der Waals surface area contributed by atoms with Crippen LogP contribution >= 0.6 is 0 Å². The van der Waals surface area contributed by atoms with E-state index in [1.54, 1.807) is 0 Å². The molecule has 1 aromatic rings. The molecule has 2 aliphatic heterocycles. The van der Waals surface area contributed by atoms with Gasteiger partial charge in [0.25, 0.3) is 0 Å². The summed E-state index contributed by atoms with van der Waals surface area (Å²) >= 11 is 0. The molecule has 3 N–H and O–H groups in total. The molecular formula is C20H29N3. The first-order valence-electron chi connectivity index (χ1n) is 8.48. The molecule has 0 aromatic carbocycles. The lowest BCUT2D eigenvalue weighted by molar-refractivity contribution is 0.345. The minimum Gasteiger partial charge on any atom is -0.377 e.